The molecule has 2 aliphatic heterocycles. The van der Waals surface area contributed by atoms with Crippen LogP contribution in [-0.4, -0.2) is 115 Å². The van der Waals surface area contributed by atoms with Crippen LogP contribution in [-0.2, 0) is 14.2 Å². The smallest absolute Gasteiger partial charge is 0.189 e. The first-order valence-corrected chi connectivity index (χ1v) is 7.08. The van der Waals surface area contributed by atoms with Crippen molar-refractivity contribution >= 4 is 0 Å². The zero-order valence-electron chi connectivity index (χ0n) is 12.0. The van der Waals surface area contributed by atoms with Gasteiger partial charge < -0.3 is 55.1 Å². The van der Waals surface area contributed by atoms with Gasteiger partial charge in [0.2, 0.25) is 0 Å². The molecule has 0 aromatic rings. The standard InChI is InChI=1S/C12H22O11/c13-1-3-5(15)7(17)9(19)11(21-3)23-12-10(20)8(18)6(16)4(2-14)22-12/h3-20H,1-2H2/t3-,4-,5-,6-,7-,8-,9+,10+,11-,12?/m0/s1. The second-order valence-corrected chi connectivity index (χ2v) is 5.53. The third kappa shape index (κ3) is 3.65. The molecule has 11 nitrogen and oxygen atoms in total. The Labute approximate surface area is 130 Å². The Morgan fingerprint density at radius 2 is 0.913 bits per heavy atom. The molecule has 23 heavy (non-hydrogen) atoms. The van der Waals surface area contributed by atoms with Crippen molar-refractivity contribution in [1.29, 1.82) is 0 Å². The Balaban J connectivity index is 2.07. The Hall–Kier alpha value is -0.440. The van der Waals surface area contributed by atoms with Crippen LogP contribution in [0.1, 0.15) is 0 Å². The molecule has 2 aliphatic rings. The minimum Gasteiger partial charge on any atom is -0.394 e. The van der Waals surface area contributed by atoms with Crippen LogP contribution in [0.4, 0.5) is 0 Å². The predicted molar refractivity (Wildman–Crippen MR) is 68.6 cm³/mol. The minimum absolute atomic E-state index is 0.667. The molecule has 2 heterocycles. The summed E-state index contributed by atoms with van der Waals surface area (Å²) in [4.78, 5) is 0. The highest BCUT2D eigenvalue weighted by Gasteiger charge is 2.49. The van der Waals surface area contributed by atoms with Gasteiger partial charge in [0.25, 0.3) is 0 Å². The molecule has 2 saturated heterocycles. The first-order chi connectivity index (χ1) is 10.8. The van der Waals surface area contributed by atoms with E-state index in [2.05, 4.69) is 0 Å². The fourth-order valence-electron chi connectivity index (χ4n) is 2.49. The molecule has 0 saturated carbocycles. The van der Waals surface area contributed by atoms with Crippen LogP contribution in [0.2, 0.25) is 0 Å². The van der Waals surface area contributed by atoms with Crippen molar-refractivity contribution in [2.45, 2.75) is 61.4 Å². The lowest BCUT2D eigenvalue weighted by Gasteiger charge is -2.44. The van der Waals surface area contributed by atoms with E-state index in [1.54, 1.807) is 0 Å². The van der Waals surface area contributed by atoms with E-state index >= 15 is 0 Å². The third-order valence-electron chi connectivity index (χ3n) is 3.97. The van der Waals surface area contributed by atoms with Crippen LogP contribution in [0.15, 0.2) is 0 Å². The van der Waals surface area contributed by atoms with Gasteiger partial charge in [-0.1, -0.05) is 0 Å². The SMILES string of the molecule is OC[C@@H]1O[C@@H](OC2O[C@@H](CO)[C@H](O)[C@H](O)[C@H]2O)[C@H](O)[C@@H](O)[C@H]1O. The average Bonchev–Trinajstić information content (AvgIpc) is 2.55. The van der Waals surface area contributed by atoms with Gasteiger partial charge in [0.1, 0.15) is 48.8 Å². The molecular formula is C12H22O11. The first-order valence-electron chi connectivity index (χ1n) is 7.08. The molecule has 10 atom stereocenters. The van der Waals surface area contributed by atoms with Gasteiger partial charge in [-0.05, 0) is 0 Å². The van der Waals surface area contributed by atoms with Crippen LogP contribution in [0.25, 0.3) is 0 Å². The van der Waals surface area contributed by atoms with Gasteiger partial charge in [-0.25, -0.2) is 0 Å². The Morgan fingerprint density at radius 3 is 1.22 bits per heavy atom. The highest BCUT2D eigenvalue weighted by atomic mass is 16.8. The molecule has 0 radical (unpaired) electrons. The summed E-state index contributed by atoms with van der Waals surface area (Å²) in [6, 6.07) is 0. The van der Waals surface area contributed by atoms with Crippen LogP contribution >= 0.6 is 0 Å². The summed E-state index contributed by atoms with van der Waals surface area (Å²) in [5.41, 5.74) is 0. The van der Waals surface area contributed by atoms with E-state index in [9.17, 15) is 30.6 Å². The molecule has 0 aromatic carbocycles. The van der Waals surface area contributed by atoms with Crippen molar-refractivity contribution in [3.63, 3.8) is 0 Å². The van der Waals surface area contributed by atoms with Gasteiger partial charge in [0.15, 0.2) is 12.6 Å². The largest absolute Gasteiger partial charge is 0.394 e. The molecule has 0 aromatic heterocycles. The summed E-state index contributed by atoms with van der Waals surface area (Å²) in [7, 11) is 0. The van der Waals surface area contributed by atoms with E-state index in [1.807, 2.05) is 0 Å². The van der Waals surface area contributed by atoms with Crippen molar-refractivity contribution < 1.29 is 55.1 Å². The second-order valence-electron chi connectivity index (χ2n) is 5.53. The lowest BCUT2D eigenvalue weighted by Crippen LogP contribution is -2.63. The fraction of sp³-hybridized carbons (Fsp3) is 1.00. The normalized spacial score (nSPS) is 51.7. The van der Waals surface area contributed by atoms with Crippen molar-refractivity contribution in [1.82, 2.24) is 0 Å². The number of hydrogen-bond donors (Lipinski definition) is 8. The molecule has 0 amide bonds. The van der Waals surface area contributed by atoms with E-state index in [0.717, 1.165) is 0 Å². The summed E-state index contributed by atoms with van der Waals surface area (Å²) < 4.78 is 15.3. The highest BCUT2D eigenvalue weighted by Crippen LogP contribution is 2.27. The summed E-state index contributed by atoms with van der Waals surface area (Å²) in [5.74, 6) is 0. The van der Waals surface area contributed by atoms with E-state index in [0.29, 0.717) is 0 Å². The van der Waals surface area contributed by atoms with Crippen molar-refractivity contribution in [2.24, 2.45) is 0 Å². The lowest BCUT2D eigenvalue weighted by atomic mass is 9.98. The molecule has 0 bridgehead atoms. The molecule has 2 rings (SSSR count). The molecule has 0 spiro atoms. The molecule has 2 fully saturated rings. The number of hydrogen-bond acceptors (Lipinski definition) is 11. The monoisotopic (exact) mass is 342 g/mol. The number of ether oxygens (including phenoxy) is 3. The maximum absolute atomic E-state index is 9.84. The number of aliphatic hydroxyl groups is 8. The van der Waals surface area contributed by atoms with E-state index in [-0.39, 0.29) is 0 Å². The van der Waals surface area contributed by atoms with Crippen molar-refractivity contribution in [3.8, 4) is 0 Å². The molecule has 136 valence electrons. The summed E-state index contributed by atoms with van der Waals surface area (Å²) >= 11 is 0. The maximum Gasteiger partial charge on any atom is 0.189 e. The van der Waals surface area contributed by atoms with Gasteiger partial charge >= 0.3 is 0 Å². The van der Waals surface area contributed by atoms with Gasteiger partial charge in [-0.15, -0.1) is 0 Å². The van der Waals surface area contributed by atoms with E-state index < -0.39 is 74.6 Å². The van der Waals surface area contributed by atoms with Crippen LogP contribution in [0.5, 0.6) is 0 Å². The Morgan fingerprint density at radius 1 is 0.565 bits per heavy atom. The van der Waals surface area contributed by atoms with Gasteiger partial charge in [-0.2, -0.15) is 0 Å². The van der Waals surface area contributed by atoms with Gasteiger partial charge in [-0.3, -0.25) is 0 Å². The van der Waals surface area contributed by atoms with Crippen LogP contribution in [0.3, 0.4) is 0 Å². The molecule has 11 heteroatoms. The third-order valence-corrected chi connectivity index (χ3v) is 3.97. The lowest BCUT2D eigenvalue weighted by molar-refractivity contribution is -0.376. The van der Waals surface area contributed by atoms with E-state index in [1.165, 1.54) is 0 Å². The van der Waals surface area contributed by atoms with E-state index in [4.69, 9.17) is 24.4 Å². The van der Waals surface area contributed by atoms with Gasteiger partial charge in [0.05, 0.1) is 13.2 Å². The zero-order chi connectivity index (χ0) is 17.3. The predicted octanol–water partition coefficient (Wildman–Crippen LogP) is -5.40. The maximum atomic E-state index is 9.84. The van der Waals surface area contributed by atoms with Crippen LogP contribution in [0, 0.1) is 0 Å². The summed E-state index contributed by atoms with van der Waals surface area (Å²) in [5, 5.41) is 76.4. The quantitative estimate of drug-likeness (QED) is 0.243. The first kappa shape index (κ1) is 18.9. The molecule has 1 unspecified atom stereocenters. The van der Waals surface area contributed by atoms with Crippen LogP contribution < -0.4 is 0 Å². The van der Waals surface area contributed by atoms with Gasteiger partial charge in [0, 0.05) is 0 Å². The number of rotatable bonds is 4. The minimum atomic E-state index is -1.72. The molecule has 8 N–H and O–H groups in total. The average molecular weight is 342 g/mol. The number of aliphatic hydroxyl groups excluding tert-OH is 8. The zero-order valence-corrected chi connectivity index (χ0v) is 12.0. The second kappa shape index (κ2) is 7.63. The topological polar surface area (TPSA) is 190 Å². The van der Waals surface area contributed by atoms with Crippen molar-refractivity contribution in [3.05, 3.63) is 0 Å². The Kier molecular flexibility index (Phi) is 6.27. The Bertz CT molecular complexity index is 344. The molecular weight excluding hydrogens is 320 g/mol. The van der Waals surface area contributed by atoms with Crippen molar-refractivity contribution in [2.75, 3.05) is 13.2 Å². The highest BCUT2D eigenvalue weighted by molar-refractivity contribution is 4.92. The summed E-state index contributed by atoms with van der Waals surface area (Å²) in [6.45, 7) is -1.33. The fourth-order valence-corrected chi connectivity index (χ4v) is 2.49. The molecule has 0 aliphatic carbocycles. The summed E-state index contributed by atoms with van der Waals surface area (Å²) in [6.07, 6.45) is -15.6.